The first-order valence-corrected chi connectivity index (χ1v) is 9.26. The average Bonchev–Trinajstić information content (AvgIpc) is 3.15. The van der Waals surface area contributed by atoms with Crippen LogP contribution < -0.4 is 5.32 Å². The molecule has 1 N–H and O–H groups in total. The fourth-order valence-corrected chi connectivity index (χ4v) is 3.51. The number of nitrogens with zero attached hydrogens (tertiary/aromatic N) is 4. The number of hydrogen-bond acceptors (Lipinski definition) is 3. The Hall–Kier alpha value is -2.86. The van der Waals surface area contributed by atoms with E-state index in [9.17, 15) is 0 Å². The summed E-state index contributed by atoms with van der Waals surface area (Å²) in [4.78, 5) is 6.73. The maximum Gasteiger partial charge on any atom is 0.194 e. The number of nitrogens with one attached hydrogen (secondary N) is 1. The standard InChI is InChI=1S/C21H25N5O/c1-22-21(23-12-16-7-8-17-5-3-4-6-18(17)11-16)26-9-10-27-20(15-26)19-13-24-25(2)14-19/h3-8,11,13-14,20H,9-10,12,15H2,1-2H3,(H,22,23). The quantitative estimate of drug-likeness (QED) is 0.574. The first-order chi connectivity index (χ1) is 13.2. The van der Waals surface area contributed by atoms with E-state index in [0.717, 1.165) is 31.2 Å². The third-order valence-corrected chi connectivity index (χ3v) is 4.94. The van der Waals surface area contributed by atoms with Crippen molar-refractivity contribution in [1.29, 1.82) is 0 Å². The van der Waals surface area contributed by atoms with Gasteiger partial charge in [0.1, 0.15) is 6.10 Å². The molecule has 1 fully saturated rings. The molecule has 0 aliphatic carbocycles. The fourth-order valence-electron chi connectivity index (χ4n) is 3.51. The van der Waals surface area contributed by atoms with Crippen molar-refractivity contribution >= 4 is 16.7 Å². The van der Waals surface area contributed by atoms with Crippen LogP contribution in [0.1, 0.15) is 17.2 Å². The van der Waals surface area contributed by atoms with E-state index in [0.29, 0.717) is 6.61 Å². The van der Waals surface area contributed by atoms with E-state index in [4.69, 9.17) is 4.74 Å². The molecule has 1 atom stereocenters. The first-order valence-electron chi connectivity index (χ1n) is 9.26. The fraction of sp³-hybridized carbons (Fsp3) is 0.333. The Labute approximate surface area is 159 Å². The lowest BCUT2D eigenvalue weighted by atomic mass is 10.1. The Morgan fingerprint density at radius 3 is 2.89 bits per heavy atom. The Balaban J connectivity index is 1.42. The minimum Gasteiger partial charge on any atom is -0.370 e. The molecule has 1 unspecified atom stereocenters. The van der Waals surface area contributed by atoms with Crippen molar-refractivity contribution in [3.8, 4) is 0 Å². The molecule has 2 heterocycles. The van der Waals surface area contributed by atoms with Crippen molar-refractivity contribution < 1.29 is 4.74 Å². The van der Waals surface area contributed by atoms with E-state index in [2.05, 4.69) is 62.8 Å². The predicted octanol–water partition coefficient (Wildman–Crippen LogP) is 2.72. The normalized spacial score (nSPS) is 18.1. The van der Waals surface area contributed by atoms with Gasteiger partial charge in [0, 0.05) is 38.9 Å². The zero-order valence-electron chi connectivity index (χ0n) is 15.8. The number of aryl methyl sites for hydroxylation is 1. The number of benzene rings is 2. The molecule has 1 aliphatic heterocycles. The average molecular weight is 363 g/mol. The number of ether oxygens (including phenoxy) is 1. The van der Waals surface area contributed by atoms with E-state index in [1.54, 1.807) is 0 Å². The SMILES string of the molecule is CN=C(NCc1ccc2ccccc2c1)N1CCOC(c2cnn(C)c2)C1. The minimum atomic E-state index is 0.0201. The molecule has 1 aliphatic rings. The van der Waals surface area contributed by atoms with Crippen LogP contribution in [0.5, 0.6) is 0 Å². The van der Waals surface area contributed by atoms with Gasteiger partial charge in [-0.2, -0.15) is 5.10 Å². The van der Waals surface area contributed by atoms with Crippen LogP contribution in [0.2, 0.25) is 0 Å². The zero-order valence-corrected chi connectivity index (χ0v) is 15.8. The van der Waals surface area contributed by atoms with Gasteiger partial charge in [0.15, 0.2) is 5.96 Å². The van der Waals surface area contributed by atoms with Gasteiger partial charge in [0.25, 0.3) is 0 Å². The summed E-state index contributed by atoms with van der Waals surface area (Å²) in [7, 11) is 3.76. The van der Waals surface area contributed by atoms with Crippen molar-refractivity contribution in [2.75, 3.05) is 26.7 Å². The maximum atomic E-state index is 5.94. The van der Waals surface area contributed by atoms with Crippen LogP contribution >= 0.6 is 0 Å². The van der Waals surface area contributed by atoms with Gasteiger partial charge < -0.3 is 15.0 Å². The summed E-state index contributed by atoms with van der Waals surface area (Å²) < 4.78 is 7.75. The van der Waals surface area contributed by atoms with Gasteiger partial charge in [-0.15, -0.1) is 0 Å². The van der Waals surface area contributed by atoms with E-state index in [1.807, 2.05) is 31.2 Å². The molecule has 0 bridgehead atoms. The van der Waals surface area contributed by atoms with E-state index in [1.165, 1.54) is 16.3 Å². The molecule has 3 aromatic rings. The smallest absolute Gasteiger partial charge is 0.194 e. The lowest BCUT2D eigenvalue weighted by Crippen LogP contribution is -2.47. The van der Waals surface area contributed by atoms with Gasteiger partial charge >= 0.3 is 0 Å². The molecule has 6 nitrogen and oxygen atoms in total. The highest BCUT2D eigenvalue weighted by molar-refractivity contribution is 5.83. The van der Waals surface area contributed by atoms with Gasteiger partial charge in [-0.3, -0.25) is 9.67 Å². The van der Waals surface area contributed by atoms with Crippen LogP contribution in [-0.2, 0) is 18.3 Å². The molecule has 0 radical (unpaired) electrons. The van der Waals surface area contributed by atoms with Crippen LogP contribution in [0.25, 0.3) is 10.8 Å². The van der Waals surface area contributed by atoms with Crippen molar-refractivity contribution in [3.63, 3.8) is 0 Å². The highest BCUT2D eigenvalue weighted by Crippen LogP contribution is 2.22. The van der Waals surface area contributed by atoms with Gasteiger partial charge in [0.2, 0.25) is 0 Å². The predicted molar refractivity (Wildman–Crippen MR) is 108 cm³/mol. The van der Waals surface area contributed by atoms with E-state index >= 15 is 0 Å². The Morgan fingerprint density at radius 2 is 2.11 bits per heavy atom. The van der Waals surface area contributed by atoms with Gasteiger partial charge in [0.05, 0.1) is 19.3 Å². The lowest BCUT2D eigenvalue weighted by Gasteiger charge is -2.34. The molecule has 27 heavy (non-hydrogen) atoms. The summed E-state index contributed by atoms with van der Waals surface area (Å²) in [6.07, 6.45) is 3.91. The summed E-state index contributed by atoms with van der Waals surface area (Å²) in [5.74, 6) is 0.903. The first kappa shape index (κ1) is 17.5. The Morgan fingerprint density at radius 1 is 1.26 bits per heavy atom. The number of aromatic nitrogens is 2. The highest BCUT2D eigenvalue weighted by Gasteiger charge is 2.25. The van der Waals surface area contributed by atoms with Crippen LogP contribution in [0.4, 0.5) is 0 Å². The molecule has 4 rings (SSSR count). The summed E-state index contributed by atoms with van der Waals surface area (Å²) in [6.45, 7) is 3.01. The molecule has 6 heteroatoms. The summed E-state index contributed by atoms with van der Waals surface area (Å²) in [6, 6.07) is 15.0. The molecule has 140 valence electrons. The molecule has 2 aromatic carbocycles. The van der Waals surface area contributed by atoms with Crippen LogP contribution in [0.3, 0.4) is 0 Å². The molecule has 1 aromatic heterocycles. The van der Waals surface area contributed by atoms with Crippen LogP contribution in [0, 0.1) is 0 Å². The van der Waals surface area contributed by atoms with Crippen molar-refractivity contribution in [2.24, 2.45) is 12.0 Å². The van der Waals surface area contributed by atoms with Gasteiger partial charge in [-0.1, -0.05) is 36.4 Å². The maximum absolute atomic E-state index is 5.94. The minimum absolute atomic E-state index is 0.0201. The summed E-state index contributed by atoms with van der Waals surface area (Å²) in [5.41, 5.74) is 2.35. The van der Waals surface area contributed by atoms with Crippen LogP contribution in [0.15, 0.2) is 59.9 Å². The van der Waals surface area contributed by atoms with E-state index in [-0.39, 0.29) is 6.10 Å². The number of aliphatic imine (C=N–C) groups is 1. The Kier molecular flexibility index (Phi) is 5.07. The second kappa shape index (κ2) is 7.80. The number of fused-ring (bicyclic) bond motifs is 1. The lowest BCUT2D eigenvalue weighted by molar-refractivity contribution is -0.00805. The van der Waals surface area contributed by atoms with Crippen molar-refractivity contribution in [2.45, 2.75) is 12.6 Å². The van der Waals surface area contributed by atoms with Crippen molar-refractivity contribution in [3.05, 3.63) is 66.0 Å². The molecular weight excluding hydrogens is 338 g/mol. The molecule has 0 saturated carbocycles. The summed E-state index contributed by atoms with van der Waals surface area (Å²) in [5, 5.41) is 10.3. The molecule has 1 saturated heterocycles. The second-order valence-electron chi connectivity index (χ2n) is 6.84. The monoisotopic (exact) mass is 363 g/mol. The number of hydrogen-bond donors (Lipinski definition) is 1. The topological polar surface area (TPSA) is 54.7 Å². The highest BCUT2D eigenvalue weighted by atomic mass is 16.5. The number of guanidine groups is 1. The summed E-state index contributed by atoms with van der Waals surface area (Å²) >= 11 is 0. The zero-order chi connectivity index (χ0) is 18.6. The second-order valence-corrected chi connectivity index (χ2v) is 6.84. The largest absolute Gasteiger partial charge is 0.370 e. The van der Waals surface area contributed by atoms with E-state index < -0.39 is 0 Å². The molecular formula is C21H25N5O. The van der Waals surface area contributed by atoms with Crippen LogP contribution in [-0.4, -0.2) is 47.4 Å². The third-order valence-electron chi connectivity index (χ3n) is 4.94. The van der Waals surface area contributed by atoms with Gasteiger partial charge in [-0.05, 0) is 22.4 Å². The number of rotatable bonds is 3. The van der Waals surface area contributed by atoms with Gasteiger partial charge in [-0.25, -0.2) is 0 Å². The number of morpholine rings is 1. The Bertz CT molecular complexity index is 948. The molecule has 0 spiro atoms. The molecule has 0 amide bonds. The third kappa shape index (κ3) is 3.95. The van der Waals surface area contributed by atoms with Crippen molar-refractivity contribution in [1.82, 2.24) is 20.0 Å².